The minimum atomic E-state index is -0.0255. The van der Waals surface area contributed by atoms with Gasteiger partial charge in [0.1, 0.15) is 4.32 Å². The molecule has 17 heavy (non-hydrogen) atoms. The largest absolute Gasteiger partial charge is 0.293 e. The molecule has 0 aliphatic carbocycles. The molecule has 1 amide bonds. The summed E-state index contributed by atoms with van der Waals surface area (Å²) >= 11 is 12.4. The molecule has 0 bridgehead atoms. The number of amides is 1. The van der Waals surface area contributed by atoms with Crippen molar-refractivity contribution < 1.29 is 4.79 Å². The van der Waals surface area contributed by atoms with E-state index < -0.39 is 0 Å². The summed E-state index contributed by atoms with van der Waals surface area (Å²) < 4.78 is 0.616. The molecule has 2 nitrogen and oxygen atoms in total. The van der Waals surface area contributed by atoms with Crippen LogP contribution >= 0.6 is 35.6 Å². The molecule has 0 saturated carbocycles. The fourth-order valence-corrected chi connectivity index (χ4v) is 3.10. The first-order valence-electron chi connectivity index (χ1n) is 5.12. The topological polar surface area (TPSA) is 20.3 Å². The van der Waals surface area contributed by atoms with Gasteiger partial charge in [0.15, 0.2) is 0 Å². The van der Waals surface area contributed by atoms with Gasteiger partial charge in [0.2, 0.25) is 0 Å². The van der Waals surface area contributed by atoms with Crippen LogP contribution in [0.4, 0.5) is 0 Å². The van der Waals surface area contributed by atoms with Gasteiger partial charge >= 0.3 is 0 Å². The van der Waals surface area contributed by atoms with Gasteiger partial charge in [0.25, 0.3) is 5.91 Å². The fourth-order valence-electron chi connectivity index (χ4n) is 1.52. The molecule has 0 spiro atoms. The average molecular weight is 284 g/mol. The Balaban J connectivity index is 2.30. The number of benzene rings is 1. The Morgan fingerprint density at radius 3 is 2.88 bits per heavy atom. The van der Waals surface area contributed by atoms with E-state index in [4.69, 9.17) is 23.8 Å². The lowest BCUT2D eigenvalue weighted by atomic mass is 10.2. The van der Waals surface area contributed by atoms with Gasteiger partial charge in [-0.3, -0.25) is 9.69 Å². The summed E-state index contributed by atoms with van der Waals surface area (Å²) in [6.45, 7) is 2.52. The summed E-state index contributed by atoms with van der Waals surface area (Å²) in [6.07, 6.45) is 1.82. The van der Waals surface area contributed by atoms with Crippen molar-refractivity contribution in [3.8, 4) is 0 Å². The van der Waals surface area contributed by atoms with Crippen LogP contribution in [0.1, 0.15) is 12.5 Å². The first-order valence-corrected chi connectivity index (χ1v) is 6.73. The molecule has 1 saturated heterocycles. The molecule has 0 atom stereocenters. The molecular weight excluding hydrogens is 274 g/mol. The quantitative estimate of drug-likeness (QED) is 0.611. The van der Waals surface area contributed by atoms with Gasteiger partial charge in [-0.25, -0.2) is 0 Å². The molecule has 0 N–H and O–H groups in total. The van der Waals surface area contributed by atoms with Crippen molar-refractivity contribution in [2.24, 2.45) is 0 Å². The zero-order valence-electron chi connectivity index (χ0n) is 9.14. The maximum Gasteiger partial charge on any atom is 0.266 e. The summed E-state index contributed by atoms with van der Waals surface area (Å²) in [5.41, 5.74) is 0.911. The molecule has 5 heteroatoms. The molecule has 0 unspecified atom stereocenters. The summed E-state index contributed by atoms with van der Waals surface area (Å²) in [5.74, 6) is -0.0255. The highest BCUT2D eigenvalue weighted by molar-refractivity contribution is 8.26. The minimum Gasteiger partial charge on any atom is -0.293 e. The van der Waals surface area contributed by atoms with E-state index in [9.17, 15) is 4.79 Å². The van der Waals surface area contributed by atoms with Crippen molar-refractivity contribution >= 4 is 51.9 Å². The number of hydrogen-bond donors (Lipinski definition) is 0. The molecule has 2 rings (SSSR count). The van der Waals surface area contributed by atoms with Crippen LogP contribution in [0.15, 0.2) is 29.2 Å². The number of likely N-dealkylation sites (N-methyl/N-ethyl adjacent to an activating group) is 1. The lowest BCUT2D eigenvalue weighted by Gasteiger charge is -2.09. The Kier molecular flexibility index (Phi) is 3.86. The first kappa shape index (κ1) is 12.6. The SMILES string of the molecule is CCN1C(=O)/C(=C/c2cccc(Cl)c2)SC1=S. The lowest BCUT2D eigenvalue weighted by molar-refractivity contribution is -0.121. The molecule has 1 aliphatic rings. The van der Waals surface area contributed by atoms with E-state index in [0.29, 0.717) is 20.8 Å². The van der Waals surface area contributed by atoms with Gasteiger partial charge < -0.3 is 0 Å². The van der Waals surface area contributed by atoms with Crippen molar-refractivity contribution in [2.45, 2.75) is 6.92 Å². The Hall–Kier alpha value is -0.840. The van der Waals surface area contributed by atoms with Crippen LogP contribution < -0.4 is 0 Å². The Morgan fingerprint density at radius 1 is 1.53 bits per heavy atom. The monoisotopic (exact) mass is 283 g/mol. The maximum absolute atomic E-state index is 12.0. The van der Waals surface area contributed by atoms with E-state index in [1.807, 2.05) is 31.2 Å². The number of hydrogen-bond acceptors (Lipinski definition) is 3. The van der Waals surface area contributed by atoms with Crippen LogP contribution in [0.25, 0.3) is 6.08 Å². The summed E-state index contributed by atoms with van der Waals surface area (Å²) in [5, 5.41) is 0.657. The van der Waals surface area contributed by atoms with Crippen molar-refractivity contribution in [2.75, 3.05) is 6.54 Å². The molecular formula is C12H10ClNOS2. The highest BCUT2D eigenvalue weighted by Gasteiger charge is 2.30. The molecule has 1 heterocycles. The van der Waals surface area contributed by atoms with Crippen LogP contribution in [0, 0.1) is 0 Å². The van der Waals surface area contributed by atoms with Gasteiger partial charge in [-0.15, -0.1) is 0 Å². The minimum absolute atomic E-state index is 0.0255. The third-order valence-corrected chi connectivity index (χ3v) is 3.95. The summed E-state index contributed by atoms with van der Waals surface area (Å²) in [6, 6.07) is 7.38. The predicted octanol–water partition coefficient (Wildman–Crippen LogP) is 3.56. The Labute approximate surface area is 115 Å². The lowest BCUT2D eigenvalue weighted by Crippen LogP contribution is -2.27. The first-order chi connectivity index (χ1) is 8.11. The van der Waals surface area contributed by atoms with Crippen LogP contribution in [0.5, 0.6) is 0 Å². The number of halogens is 1. The molecule has 0 aromatic heterocycles. The van der Waals surface area contributed by atoms with E-state index in [0.717, 1.165) is 5.56 Å². The van der Waals surface area contributed by atoms with Crippen molar-refractivity contribution in [3.63, 3.8) is 0 Å². The van der Waals surface area contributed by atoms with Crippen molar-refractivity contribution in [1.82, 2.24) is 4.90 Å². The number of carbonyl (C=O) groups is 1. The molecule has 1 aliphatic heterocycles. The fraction of sp³-hybridized carbons (Fsp3) is 0.167. The number of nitrogens with zero attached hydrogens (tertiary/aromatic N) is 1. The van der Waals surface area contributed by atoms with Crippen LogP contribution in [0.2, 0.25) is 5.02 Å². The third-order valence-electron chi connectivity index (χ3n) is 2.34. The number of thiocarbonyl (C=S) groups is 1. The van der Waals surface area contributed by atoms with Gasteiger partial charge in [-0.2, -0.15) is 0 Å². The van der Waals surface area contributed by atoms with Crippen molar-refractivity contribution in [1.29, 1.82) is 0 Å². The Morgan fingerprint density at radius 2 is 2.29 bits per heavy atom. The zero-order valence-corrected chi connectivity index (χ0v) is 11.5. The number of thioether (sulfide) groups is 1. The summed E-state index contributed by atoms with van der Waals surface area (Å²) in [7, 11) is 0. The number of rotatable bonds is 2. The smallest absolute Gasteiger partial charge is 0.266 e. The molecule has 1 aromatic rings. The van der Waals surface area contributed by atoms with E-state index in [-0.39, 0.29) is 5.91 Å². The van der Waals surface area contributed by atoms with Crippen LogP contribution in [-0.4, -0.2) is 21.7 Å². The molecule has 1 aromatic carbocycles. The maximum atomic E-state index is 12.0. The van der Waals surface area contributed by atoms with Crippen molar-refractivity contribution in [3.05, 3.63) is 39.8 Å². The number of carbonyl (C=O) groups excluding carboxylic acids is 1. The average Bonchev–Trinajstić information content (AvgIpc) is 2.54. The summed E-state index contributed by atoms with van der Waals surface area (Å²) in [4.78, 5) is 14.2. The van der Waals surface area contributed by atoms with E-state index in [1.165, 1.54) is 11.8 Å². The second-order valence-electron chi connectivity index (χ2n) is 3.48. The normalized spacial score (nSPS) is 18.2. The second kappa shape index (κ2) is 5.21. The van der Waals surface area contributed by atoms with Crippen LogP contribution in [0.3, 0.4) is 0 Å². The van der Waals surface area contributed by atoms with E-state index in [2.05, 4.69) is 0 Å². The zero-order chi connectivity index (χ0) is 12.4. The predicted molar refractivity (Wildman–Crippen MR) is 77.0 cm³/mol. The van der Waals surface area contributed by atoms with E-state index in [1.54, 1.807) is 11.0 Å². The highest BCUT2D eigenvalue weighted by Crippen LogP contribution is 2.32. The second-order valence-corrected chi connectivity index (χ2v) is 5.59. The third kappa shape index (κ3) is 2.70. The molecule has 0 radical (unpaired) electrons. The highest BCUT2D eigenvalue weighted by atomic mass is 35.5. The van der Waals surface area contributed by atoms with E-state index >= 15 is 0 Å². The van der Waals surface area contributed by atoms with Gasteiger partial charge in [0, 0.05) is 11.6 Å². The van der Waals surface area contributed by atoms with Gasteiger partial charge in [-0.05, 0) is 30.7 Å². The molecule has 1 fully saturated rings. The van der Waals surface area contributed by atoms with Gasteiger partial charge in [0.05, 0.1) is 4.91 Å². The molecule has 88 valence electrons. The van der Waals surface area contributed by atoms with Crippen LogP contribution in [-0.2, 0) is 4.79 Å². The standard InChI is InChI=1S/C12H10ClNOS2/c1-2-14-11(15)10(17-12(14)16)7-8-4-3-5-9(13)6-8/h3-7H,2H2,1H3/b10-7-. The Bertz CT molecular complexity index is 513. The van der Waals surface area contributed by atoms with Gasteiger partial charge in [-0.1, -0.05) is 47.7 Å².